The molecule has 0 amide bonds. The summed E-state index contributed by atoms with van der Waals surface area (Å²) < 4.78 is 0. The maximum atomic E-state index is 10.4. The first kappa shape index (κ1) is 11.0. The SMILES string of the molecule is O=C(O)CCCc1ccc2c(Cl)c[nH]c2c1. The van der Waals surface area contributed by atoms with Crippen LogP contribution in [0.4, 0.5) is 0 Å². The molecule has 0 aliphatic carbocycles. The van der Waals surface area contributed by atoms with Gasteiger partial charge in [0, 0.05) is 23.5 Å². The van der Waals surface area contributed by atoms with Gasteiger partial charge in [0.2, 0.25) is 0 Å². The molecule has 0 saturated heterocycles. The molecule has 16 heavy (non-hydrogen) atoms. The molecule has 0 spiro atoms. The topological polar surface area (TPSA) is 53.1 Å². The maximum Gasteiger partial charge on any atom is 0.303 e. The van der Waals surface area contributed by atoms with Crippen molar-refractivity contribution in [3.05, 3.63) is 35.0 Å². The Kier molecular flexibility index (Phi) is 3.15. The van der Waals surface area contributed by atoms with Crippen LogP contribution in [0.1, 0.15) is 18.4 Å². The summed E-state index contributed by atoms with van der Waals surface area (Å²) in [5.41, 5.74) is 2.13. The van der Waals surface area contributed by atoms with Crippen molar-refractivity contribution in [2.75, 3.05) is 0 Å². The number of aromatic nitrogens is 1. The van der Waals surface area contributed by atoms with Crippen molar-refractivity contribution in [1.82, 2.24) is 4.98 Å². The summed E-state index contributed by atoms with van der Waals surface area (Å²) in [6.45, 7) is 0. The number of carboxylic acids is 1. The van der Waals surface area contributed by atoms with Crippen molar-refractivity contribution < 1.29 is 9.90 Å². The van der Waals surface area contributed by atoms with Gasteiger partial charge in [0.25, 0.3) is 0 Å². The van der Waals surface area contributed by atoms with Gasteiger partial charge in [-0.25, -0.2) is 0 Å². The highest BCUT2D eigenvalue weighted by molar-refractivity contribution is 6.35. The largest absolute Gasteiger partial charge is 0.481 e. The predicted molar refractivity (Wildman–Crippen MR) is 63.9 cm³/mol. The fourth-order valence-corrected chi connectivity index (χ4v) is 1.96. The molecule has 2 aromatic rings. The summed E-state index contributed by atoms with van der Waals surface area (Å²) in [5.74, 6) is -0.746. The zero-order chi connectivity index (χ0) is 11.5. The molecule has 0 saturated carbocycles. The number of rotatable bonds is 4. The summed E-state index contributed by atoms with van der Waals surface area (Å²) in [4.78, 5) is 13.5. The number of nitrogens with one attached hydrogen (secondary N) is 1. The van der Waals surface area contributed by atoms with E-state index in [4.69, 9.17) is 16.7 Å². The summed E-state index contributed by atoms with van der Waals surface area (Å²) in [7, 11) is 0. The Hall–Kier alpha value is -1.48. The molecule has 1 heterocycles. The average molecular weight is 238 g/mol. The van der Waals surface area contributed by atoms with Crippen molar-refractivity contribution in [2.24, 2.45) is 0 Å². The lowest BCUT2D eigenvalue weighted by molar-refractivity contribution is -0.137. The Balaban J connectivity index is 2.11. The minimum absolute atomic E-state index is 0.212. The van der Waals surface area contributed by atoms with Gasteiger partial charge in [-0.05, 0) is 24.5 Å². The highest BCUT2D eigenvalue weighted by atomic mass is 35.5. The molecule has 0 aliphatic heterocycles. The highest BCUT2D eigenvalue weighted by Gasteiger charge is 2.03. The third-order valence-electron chi connectivity index (χ3n) is 2.55. The molecule has 0 aliphatic rings. The molecule has 0 unspecified atom stereocenters. The van der Waals surface area contributed by atoms with E-state index in [2.05, 4.69) is 4.98 Å². The number of aliphatic carboxylic acids is 1. The lowest BCUT2D eigenvalue weighted by Gasteiger charge is -2.00. The van der Waals surface area contributed by atoms with Gasteiger partial charge >= 0.3 is 5.97 Å². The normalized spacial score (nSPS) is 10.8. The van der Waals surface area contributed by atoms with Crippen LogP contribution in [0.25, 0.3) is 10.9 Å². The number of benzene rings is 1. The molecule has 1 aromatic heterocycles. The van der Waals surface area contributed by atoms with Crippen molar-refractivity contribution >= 4 is 28.5 Å². The molecule has 0 bridgehead atoms. The second-order valence-electron chi connectivity index (χ2n) is 3.76. The first-order valence-electron chi connectivity index (χ1n) is 5.14. The Morgan fingerprint density at radius 3 is 3.00 bits per heavy atom. The van der Waals surface area contributed by atoms with Gasteiger partial charge in [-0.1, -0.05) is 23.7 Å². The zero-order valence-electron chi connectivity index (χ0n) is 8.66. The van der Waals surface area contributed by atoms with Crippen LogP contribution in [0.2, 0.25) is 5.02 Å². The molecule has 4 heteroatoms. The summed E-state index contributed by atoms with van der Waals surface area (Å²) in [6.07, 6.45) is 3.41. The molecule has 0 radical (unpaired) electrons. The van der Waals surface area contributed by atoms with Crippen LogP contribution in [0.5, 0.6) is 0 Å². The van der Waals surface area contributed by atoms with E-state index in [1.807, 2.05) is 18.2 Å². The standard InChI is InChI=1S/C12H12ClNO2/c13-10-7-14-11-6-8(4-5-9(10)11)2-1-3-12(15)16/h4-7,14H,1-3H2,(H,15,16). The first-order chi connectivity index (χ1) is 7.66. The molecular formula is C12H12ClNO2. The number of hydrogen-bond acceptors (Lipinski definition) is 1. The molecular weight excluding hydrogens is 226 g/mol. The van der Waals surface area contributed by atoms with Crippen molar-refractivity contribution in [3.63, 3.8) is 0 Å². The Labute approximate surface area is 98.0 Å². The number of halogens is 1. The second-order valence-corrected chi connectivity index (χ2v) is 4.17. The minimum Gasteiger partial charge on any atom is -0.481 e. The number of carboxylic acid groups (broad SMARTS) is 1. The first-order valence-corrected chi connectivity index (χ1v) is 5.52. The number of H-pyrrole nitrogens is 1. The van der Waals surface area contributed by atoms with Gasteiger partial charge in [-0.3, -0.25) is 4.79 Å². The Morgan fingerprint density at radius 2 is 2.25 bits per heavy atom. The van der Waals surface area contributed by atoms with Crippen molar-refractivity contribution in [2.45, 2.75) is 19.3 Å². The van der Waals surface area contributed by atoms with Crippen molar-refractivity contribution in [3.8, 4) is 0 Å². The van der Waals surface area contributed by atoms with E-state index >= 15 is 0 Å². The Morgan fingerprint density at radius 1 is 1.44 bits per heavy atom. The Bertz CT molecular complexity index is 519. The number of aryl methyl sites for hydroxylation is 1. The molecule has 1 aromatic carbocycles. The van der Waals surface area contributed by atoms with E-state index in [1.54, 1.807) is 6.20 Å². The number of aromatic amines is 1. The fourth-order valence-electron chi connectivity index (χ4n) is 1.74. The summed E-state index contributed by atoms with van der Waals surface area (Å²) >= 11 is 5.96. The lowest BCUT2D eigenvalue weighted by atomic mass is 10.1. The maximum absolute atomic E-state index is 10.4. The molecule has 2 N–H and O–H groups in total. The molecule has 3 nitrogen and oxygen atoms in total. The van der Waals surface area contributed by atoms with Crippen LogP contribution >= 0.6 is 11.6 Å². The minimum atomic E-state index is -0.746. The highest BCUT2D eigenvalue weighted by Crippen LogP contribution is 2.24. The summed E-state index contributed by atoms with van der Waals surface area (Å²) in [6, 6.07) is 5.97. The van der Waals surface area contributed by atoms with E-state index < -0.39 is 5.97 Å². The third-order valence-corrected chi connectivity index (χ3v) is 2.86. The second kappa shape index (κ2) is 4.58. The zero-order valence-corrected chi connectivity index (χ0v) is 9.42. The van der Waals surface area contributed by atoms with Crippen LogP contribution in [0.3, 0.4) is 0 Å². The lowest BCUT2D eigenvalue weighted by Crippen LogP contribution is -1.95. The van der Waals surface area contributed by atoms with E-state index in [0.717, 1.165) is 22.9 Å². The van der Waals surface area contributed by atoms with E-state index in [-0.39, 0.29) is 6.42 Å². The van der Waals surface area contributed by atoms with Gasteiger partial charge in [0.05, 0.1) is 5.02 Å². The van der Waals surface area contributed by atoms with Crippen LogP contribution in [0.15, 0.2) is 24.4 Å². The van der Waals surface area contributed by atoms with Gasteiger partial charge < -0.3 is 10.1 Å². The van der Waals surface area contributed by atoms with Gasteiger partial charge in [0.15, 0.2) is 0 Å². The smallest absolute Gasteiger partial charge is 0.303 e. The quantitative estimate of drug-likeness (QED) is 0.858. The van der Waals surface area contributed by atoms with Crippen LogP contribution in [0, 0.1) is 0 Å². The van der Waals surface area contributed by atoms with Gasteiger partial charge in [-0.15, -0.1) is 0 Å². The van der Waals surface area contributed by atoms with Crippen LogP contribution in [-0.2, 0) is 11.2 Å². The van der Waals surface area contributed by atoms with Gasteiger partial charge in [0.1, 0.15) is 0 Å². The van der Waals surface area contributed by atoms with Crippen LogP contribution < -0.4 is 0 Å². The van der Waals surface area contributed by atoms with Gasteiger partial charge in [-0.2, -0.15) is 0 Å². The third kappa shape index (κ3) is 2.36. The monoisotopic (exact) mass is 237 g/mol. The molecule has 0 atom stereocenters. The molecule has 0 fully saturated rings. The van der Waals surface area contributed by atoms with E-state index in [9.17, 15) is 4.79 Å². The predicted octanol–water partition coefficient (Wildman–Crippen LogP) is 3.23. The van der Waals surface area contributed by atoms with E-state index in [0.29, 0.717) is 11.4 Å². The number of carbonyl (C=O) groups is 1. The van der Waals surface area contributed by atoms with E-state index in [1.165, 1.54) is 0 Å². The summed E-state index contributed by atoms with van der Waals surface area (Å²) in [5, 5.41) is 10.3. The number of hydrogen-bond donors (Lipinski definition) is 2. The number of fused-ring (bicyclic) bond motifs is 1. The molecule has 84 valence electrons. The average Bonchev–Trinajstić information content (AvgIpc) is 2.60. The van der Waals surface area contributed by atoms with Crippen molar-refractivity contribution in [1.29, 1.82) is 0 Å². The fraction of sp³-hybridized carbons (Fsp3) is 0.250. The van der Waals surface area contributed by atoms with Crippen LogP contribution in [-0.4, -0.2) is 16.1 Å². The molecule has 2 rings (SSSR count).